The van der Waals surface area contributed by atoms with E-state index in [-0.39, 0.29) is 21.2 Å². The molecule has 0 saturated heterocycles. The Kier molecular flexibility index (Phi) is 2.93. The van der Waals surface area contributed by atoms with Crippen LogP contribution >= 0.6 is 0 Å². The van der Waals surface area contributed by atoms with E-state index in [0.29, 0.717) is 3.42 Å². The summed E-state index contributed by atoms with van der Waals surface area (Å²) >= 11 is 0.184. The van der Waals surface area contributed by atoms with Crippen LogP contribution in [0, 0.1) is 3.57 Å². The molecule has 0 N–H and O–H groups in total. The van der Waals surface area contributed by atoms with Gasteiger partial charge in [-0.2, -0.15) is 0 Å². The summed E-state index contributed by atoms with van der Waals surface area (Å²) < 4.78 is 2.05. The molecule has 0 aliphatic carbocycles. The van der Waals surface area contributed by atoms with Crippen molar-refractivity contribution in [3.63, 3.8) is 0 Å². The van der Waals surface area contributed by atoms with Crippen LogP contribution in [0.2, 0.25) is 0 Å². The fraction of sp³-hybridized carbons (Fsp3) is 0.400. The van der Waals surface area contributed by atoms with Gasteiger partial charge in [-0.05, 0) is 0 Å². The molecule has 0 radical (unpaired) electrons. The topological polar surface area (TPSA) is 0 Å². The first-order valence-corrected chi connectivity index (χ1v) is 5.95. The van der Waals surface area contributed by atoms with Crippen LogP contribution in [0.4, 0.5) is 0 Å². The van der Waals surface area contributed by atoms with Gasteiger partial charge in [-0.15, -0.1) is 0 Å². The minimum absolute atomic E-state index is 0.184. The van der Waals surface area contributed by atoms with E-state index in [1.54, 1.807) is 3.57 Å². The van der Waals surface area contributed by atoms with Crippen molar-refractivity contribution < 1.29 is 21.2 Å². The Morgan fingerprint density at radius 1 is 1.00 bits per heavy atom. The molecule has 0 fully saturated rings. The number of hydrogen-bond donors (Lipinski definition) is 0. The third kappa shape index (κ3) is 3.75. The van der Waals surface area contributed by atoms with Crippen LogP contribution in [0.5, 0.6) is 0 Å². The van der Waals surface area contributed by atoms with Crippen molar-refractivity contribution in [2.45, 2.75) is 24.2 Å². The van der Waals surface area contributed by atoms with E-state index in [1.165, 1.54) is 0 Å². The molecule has 0 heterocycles. The van der Waals surface area contributed by atoms with E-state index in [1.807, 2.05) is 0 Å². The predicted octanol–water partition coefficient (Wildman–Crippen LogP) is -0.256. The Bertz CT molecular complexity index is 208. The van der Waals surface area contributed by atoms with Crippen molar-refractivity contribution in [3.8, 4) is 0 Å². The summed E-state index contributed by atoms with van der Waals surface area (Å²) in [5.41, 5.74) is 0. The number of hydrogen-bond acceptors (Lipinski definition) is 0. The summed E-state index contributed by atoms with van der Waals surface area (Å²) in [7, 11) is 0. The maximum absolute atomic E-state index is 2.31. The van der Waals surface area contributed by atoms with E-state index in [2.05, 4.69) is 51.1 Å². The Morgan fingerprint density at radius 3 is 2.00 bits per heavy atom. The first-order chi connectivity index (χ1) is 5.08. The average molecular weight is 261 g/mol. The number of alkyl halides is 1. The van der Waals surface area contributed by atoms with Gasteiger partial charge in [0.05, 0.1) is 0 Å². The third-order valence-corrected chi connectivity index (χ3v) is 4.09. The van der Waals surface area contributed by atoms with Crippen molar-refractivity contribution in [1.29, 1.82) is 0 Å². The van der Waals surface area contributed by atoms with Gasteiger partial charge in [0.15, 0.2) is 0 Å². The summed E-state index contributed by atoms with van der Waals surface area (Å²) in [5, 5.41) is 0. The molecular formula is C10H14I-. The fourth-order valence-electron chi connectivity index (χ4n) is 0.805. The summed E-state index contributed by atoms with van der Waals surface area (Å²) in [5.74, 6) is 0. The van der Waals surface area contributed by atoms with Gasteiger partial charge >= 0.3 is 79.3 Å². The zero-order chi connectivity index (χ0) is 8.32. The molecule has 0 aliphatic heterocycles. The Morgan fingerprint density at radius 2 is 1.55 bits per heavy atom. The van der Waals surface area contributed by atoms with Gasteiger partial charge in [0.1, 0.15) is 0 Å². The van der Waals surface area contributed by atoms with Crippen molar-refractivity contribution in [3.05, 3.63) is 33.9 Å². The first-order valence-electron chi connectivity index (χ1n) is 3.79. The molecule has 0 amide bonds. The van der Waals surface area contributed by atoms with Crippen molar-refractivity contribution in [2.24, 2.45) is 0 Å². The first kappa shape index (κ1) is 9.04. The molecule has 0 bridgehead atoms. The molecule has 0 unspecified atom stereocenters. The minimum atomic E-state index is 0.184. The summed E-state index contributed by atoms with van der Waals surface area (Å²) in [6.45, 7) is 6.94. The average Bonchev–Trinajstić information content (AvgIpc) is 1.85. The van der Waals surface area contributed by atoms with Gasteiger partial charge in [-0.1, -0.05) is 0 Å². The molecule has 0 aliphatic rings. The Labute approximate surface area is 79.3 Å². The van der Waals surface area contributed by atoms with Gasteiger partial charge in [0.25, 0.3) is 0 Å². The molecule has 0 nitrogen and oxygen atoms in total. The molecule has 0 saturated carbocycles. The number of halogens is 1. The quantitative estimate of drug-likeness (QED) is 0.483. The van der Waals surface area contributed by atoms with Gasteiger partial charge < -0.3 is 0 Å². The second-order valence-electron chi connectivity index (χ2n) is 3.46. The summed E-state index contributed by atoms with van der Waals surface area (Å²) in [6, 6.07) is 10.8. The molecule has 0 aromatic heterocycles. The fourth-order valence-corrected chi connectivity index (χ4v) is 3.45. The SMILES string of the molecule is CC(C)(C)[I-]c1ccccc1. The van der Waals surface area contributed by atoms with Crippen molar-refractivity contribution >= 4 is 0 Å². The van der Waals surface area contributed by atoms with Crippen LogP contribution in [0.3, 0.4) is 0 Å². The number of rotatable bonds is 1. The second kappa shape index (κ2) is 3.57. The van der Waals surface area contributed by atoms with Crippen LogP contribution in [-0.4, -0.2) is 3.42 Å². The van der Waals surface area contributed by atoms with Gasteiger partial charge in [0, 0.05) is 0 Å². The van der Waals surface area contributed by atoms with Crippen molar-refractivity contribution in [2.75, 3.05) is 0 Å². The van der Waals surface area contributed by atoms with E-state index < -0.39 is 0 Å². The third-order valence-electron chi connectivity index (χ3n) is 1.13. The van der Waals surface area contributed by atoms with Crippen LogP contribution in [0.25, 0.3) is 0 Å². The molecule has 1 aromatic carbocycles. The molecule has 0 atom stereocenters. The van der Waals surface area contributed by atoms with E-state index in [0.717, 1.165) is 0 Å². The Hall–Kier alpha value is -0.0500. The zero-order valence-corrected chi connectivity index (χ0v) is 9.42. The summed E-state index contributed by atoms with van der Waals surface area (Å²) in [4.78, 5) is 0. The van der Waals surface area contributed by atoms with Crippen LogP contribution in [0.15, 0.2) is 30.3 Å². The molecule has 1 aromatic rings. The standard InChI is InChI=1S/C10H14I/c1-10(2,3)11-9-7-5-4-6-8-9/h4-8H,1-3H3/q-1. The molecule has 1 rings (SSSR count). The van der Waals surface area contributed by atoms with Crippen LogP contribution in [0.1, 0.15) is 20.8 Å². The van der Waals surface area contributed by atoms with Crippen molar-refractivity contribution in [1.82, 2.24) is 0 Å². The molecule has 1 heteroatoms. The predicted molar refractivity (Wildman–Crippen MR) is 44.9 cm³/mol. The second-order valence-corrected chi connectivity index (χ2v) is 8.48. The van der Waals surface area contributed by atoms with E-state index in [4.69, 9.17) is 0 Å². The van der Waals surface area contributed by atoms with E-state index in [9.17, 15) is 0 Å². The van der Waals surface area contributed by atoms with Crippen LogP contribution < -0.4 is 21.2 Å². The number of benzene rings is 1. The molecule has 11 heavy (non-hydrogen) atoms. The normalized spacial score (nSPS) is 11.9. The summed E-state index contributed by atoms with van der Waals surface area (Å²) in [6.07, 6.45) is 0. The molecular weight excluding hydrogens is 247 g/mol. The van der Waals surface area contributed by atoms with Crippen LogP contribution in [-0.2, 0) is 0 Å². The maximum atomic E-state index is 2.31. The molecule has 62 valence electrons. The van der Waals surface area contributed by atoms with Gasteiger partial charge in [-0.3, -0.25) is 0 Å². The van der Waals surface area contributed by atoms with Gasteiger partial charge in [0.2, 0.25) is 0 Å². The Balaban J connectivity index is 2.66. The molecule has 0 spiro atoms. The zero-order valence-electron chi connectivity index (χ0n) is 7.26. The monoisotopic (exact) mass is 261 g/mol. The van der Waals surface area contributed by atoms with E-state index >= 15 is 0 Å². The van der Waals surface area contributed by atoms with Gasteiger partial charge in [-0.25, -0.2) is 0 Å².